The van der Waals surface area contributed by atoms with Gasteiger partial charge in [-0.15, -0.1) is 11.3 Å². The summed E-state index contributed by atoms with van der Waals surface area (Å²) in [5.74, 6) is 0.626. The molecule has 0 aliphatic heterocycles. The molecule has 3 heterocycles. The average Bonchev–Trinajstić information content (AvgIpc) is 3.21. The van der Waals surface area contributed by atoms with Crippen LogP contribution in [0.5, 0.6) is 0 Å². The number of nitrogens with one attached hydrogen (secondary N) is 2. The Morgan fingerprint density at radius 1 is 1.12 bits per heavy atom. The zero-order valence-electron chi connectivity index (χ0n) is 12.1. The van der Waals surface area contributed by atoms with E-state index in [-0.39, 0.29) is 5.28 Å². The normalized spacial score (nSPS) is 10.9. The van der Waals surface area contributed by atoms with Gasteiger partial charge in [0.2, 0.25) is 5.28 Å². The van der Waals surface area contributed by atoms with E-state index in [4.69, 9.17) is 11.6 Å². The summed E-state index contributed by atoms with van der Waals surface area (Å²) in [7, 11) is 0. The molecule has 2 N–H and O–H groups in total. The molecule has 0 radical (unpaired) electrons. The molecule has 4 rings (SSSR count). The molecule has 1 aromatic carbocycles. The van der Waals surface area contributed by atoms with Gasteiger partial charge in [0.1, 0.15) is 5.82 Å². The lowest BCUT2D eigenvalue weighted by molar-refractivity contribution is 1.17. The van der Waals surface area contributed by atoms with E-state index in [1.807, 2.05) is 18.2 Å². The number of benzene rings is 1. The van der Waals surface area contributed by atoms with Crippen LogP contribution < -0.4 is 10.0 Å². The van der Waals surface area contributed by atoms with Gasteiger partial charge < -0.3 is 10.0 Å². The minimum Gasteiger partial charge on any atom is -0.325 e. The molecule has 4 aromatic rings. The zero-order chi connectivity index (χ0) is 16.4. The zero-order valence-corrected chi connectivity index (χ0v) is 15.3. The Hall–Kier alpha value is -1.87. The Kier molecular flexibility index (Phi) is 4.52. The van der Waals surface area contributed by atoms with E-state index in [0.717, 1.165) is 21.0 Å². The van der Waals surface area contributed by atoms with Crippen molar-refractivity contribution in [3.05, 3.63) is 53.3 Å². The van der Waals surface area contributed by atoms with Crippen molar-refractivity contribution in [3.63, 3.8) is 0 Å². The standard InChI is InChI=1S/C15H10ClN5S3/c16-14-17-6-5-12(19-14)20-15-18-10-4-3-9(8-11(10)23-15)21-24-13-2-1-7-22-13/h1-8,21H,(H,17,18,19,20). The highest BCUT2D eigenvalue weighted by Crippen LogP contribution is 2.32. The summed E-state index contributed by atoms with van der Waals surface area (Å²) in [5.41, 5.74) is 1.98. The van der Waals surface area contributed by atoms with Crippen LogP contribution in [-0.2, 0) is 0 Å². The van der Waals surface area contributed by atoms with Gasteiger partial charge in [-0.1, -0.05) is 17.4 Å². The van der Waals surface area contributed by atoms with Crippen LogP contribution in [0.25, 0.3) is 10.2 Å². The highest BCUT2D eigenvalue weighted by molar-refractivity contribution is 8.02. The van der Waals surface area contributed by atoms with E-state index in [1.165, 1.54) is 4.21 Å². The summed E-state index contributed by atoms with van der Waals surface area (Å²) in [6, 6.07) is 12.0. The molecule has 0 unspecified atom stereocenters. The van der Waals surface area contributed by atoms with Crippen LogP contribution in [0, 0.1) is 0 Å². The van der Waals surface area contributed by atoms with E-state index in [9.17, 15) is 0 Å². The van der Waals surface area contributed by atoms with Gasteiger partial charge in [-0.05, 0) is 59.3 Å². The smallest absolute Gasteiger partial charge is 0.224 e. The average molecular weight is 392 g/mol. The molecular weight excluding hydrogens is 382 g/mol. The van der Waals surface area contributed by atoms with Crippen molar-refractivity contribution in [3.8, 4) is 0 Å². The van der Waals surface area contributed by atoms with Gasteiger partial charge in [-0.3, -0.25) is 0 Å². The van der Waals surface area contributed by atoms with Crippen molar-refractivity contribution >= 4 is 73.1 Å². The van der Waals surface area contributed by atoms with Gasteiger partial charge in [0.05, 0.1) is 14.4 Å². The monoisotopic (exact) mass is 391 g/mol. The fourth-order valence-electron chi connectivity index (χ4n) is 1.99. The number of nitrogens with zero attached hydrogens (tertiary/aromatic N) is 3. The van der Waals surface area contributed by atoms with E-state index in [1.54, 1.807) is 46.9 Å². The summed E-state index contributed by atoms with van der Waals surface area (Å²) < 4.78 is 5.67. The third-order valence-electron chi connectivity index (χ3n) is 3.01. The molecule has 3 aromatic heterocycles. The minimum atomic E-state index is 0.207. The van der Waals surface area contributed by atoms with E-state index >= 15 is 0 Å². The molecule has 0 aliphatic rings. The third kappa shape index (κ3) is 3.62. The molecule has 0 amide bonds. The Labute approximate surface area is 155 Å². The van der Waals surface area contributed by atoms with Crippen molar-refractivity contribution in [1.82, 2.24) is 15.0 Å². The number of hydrogen-bond acceptors (Lipinski definition) is 8. The van der Waals surface area contributed by atoms with Gasteiger partial charge in [-0.25, -0.2) is 15.0 Å². The minimum absolute atomic E-state index is 0.207. The highest BCUT2D eigenvalue weighted by Gasteiger charge is 2.07. The first-order valence-corrected chi connectivity index (χ1v) is 9.78. The number of fused-ring (bicyclic) bond motifs is 1. The molecule has 9 heteroatoms. The van der Waals surface area contributed by atoms with Crippen LogP contribution in [-0.4, -0.2) is 15.0 Å². The van der Waals surface area contributed by atoms with E-state index < -0.39 is 0 Å². The van der Waals surface area contributed by atoms with Gasteiger partial charge in [0, 0.05) is 11.9 Å². The number of halogens is 1. The lowest BCUT2D eigenvalue weighted by Gasteiger charge is -2.02. The first-order chi connectivity index (χ1) is 11.8. The number of thiophene rings is 1. The fraction of sp³-hybridized carbons (Fsp3) is 0. The lowest BCUT2D eigenvalue weighted by atomic mass is 10.3. The first-order valence-electron chi connectivity index (χ1n) is 6.89. The summed E-state index contributed by atoms with van der Waals surface area (Å²) >= 11 is 10.7. The van der Waals surface area contributed by atoms with E-state index in [2.05, 4.69) is 42.5 Å². The number of thiazole rings is 1. The third-order valence-corrected chi connectivity index (χ3v) is 6.01. The molecule has 5 nitrogen and oxygen atoms in total. The first kappa shape index (κ1) is 15.6. The molecular formula is C15H10ClN5S3. The number of aromatic nitrogens is 3. The van der Waals surface area contributed by atoms with Crippen molar-refractivity contribution in [1.29, 1.82) is 0 Å². The Balaban J connectivity index is 1.52. The van der Waals surface area contributed by atoms with Crippen molar-refractivity contribution in [2.24, 2.45) is 0 Å². The second kappa shape index (κ2) is 6.94. The summed E-state index contributed by atoms with van der Waals surface area (Å²) in [4.78, 5) is 12.5. The highest BCUT2D eigenvalue weighted by atomic mass is 35.5. The maximum absolute atomic E-state index is 5.80. The molecule has 0 atom stereocenters. The van der Waals surface area contributed by atoms with Crippen LogP contribution in [0.3, 0.4) is 0 Å². The van der Waals surface area contributed by atoms with Crippen molar-refractivity contribution < 1.29 is 0 Å². The maximum atomic E-state index is 5.80. The second-order valence-electron chi connectivity index (χ2n) is 4.67. The van der Waals surface area contributed by atoms with Gasteiger partial charge in [0.25, 0.3) is 0 Å². The van der Waals surface area contributed by atoms with Gasteiger partial charge >= 0.3 is 0 Å². The SMILES string of the molecule is Clc1nccc(Nc2nc3ccc(NSc4cccs4)cc3s2)n1. The quantitative estimate of drug-likeness (QED) is 0.338. The fourth-order valence-corrected chi connectivity index (χ4v) is 4.47. The second-order valence-corrected chi connectivity index (χ2v) is 8.10. The van der Waals surface area contributed by atoms with Gasteiger partial charge in [-0.2, -0.15) is 0 Å². The topological polar surface area (TPSA) is 62.7 Å². The molecule has 0 spiro atoms. The number of anilines is 3. The van der Waals surface area contributed by atoms with Crippen LogP contribution >= 0.6 is 46.2 Å². The lowest BCUT2D eigenvalue weighted by Crippen LogP contribution is -1.93. The molecule has 0 saturated carbocycles. The Morgan fingerprint density at radius 3 is 2.92 bits per heavy atom. The molecule has 24 heavy (non-hydrogen) atoms. The molecule has 0 bridgehead atoms. The number of rotatable bonds is 5. The number of hydrogen-bond donors (Lipinski definition) is 2. The van der Waals surface area contributed by atoms with Gasteiger partial charge in [0.15, 0.2) is 5.13 Å². The predicted octanol–water partition coefficient (Wildman–Crippen LogP) is 5.66. The maximum Gasteiger partial charge on any atom is 0.224 e. The molecule has 0 aliphatic carbocycles. The molecule has 0 fully saturated rings. The van der Waals surface area contributed by atoms with Crippen LogP contribution in [0.1, 0.15) is 0 Å². The Morgan fingerprint density at radius 2 is 2.08 bits per heavy atom. The van der Waals surface area contributed by atoms with Crippen LogP contribution in [0.4, 0.5) is 16.6 Å². The van der Waals surface area contributed by atoms with Crippen LogP contribution in [0.2, 0.25) is 5.28 Å². The van der Waals surface area contributed by atoms with E-state index in [0.29, 0.717) is 5.82 Å². The molecule has 0 saturated heterocycles. The van der Waals surface area contributed by atoms with Crippen LogP contribution in [0.15, 0.2) is 52.2 Å². The summed E-state index contributed by atoms with van der Waals surface area (Å²) in [6.45, 7) is 0. The largest absolute Gasteiger partial charge is 0.325 e. The Bertz CT molecular complexity index is 970. The van der Waals surface area contributed by atoms with Crippen molar-refractivity contribution in [2.45, 2.75) is 4.21 Å². The molecule has 120 valence electrons. The van der Waals surface area contributed by atoms with Crippen molar-refractivity contribution in [2.75, 3.05) is 10.0 Å². The summed E-state index contributed by atoms with van der Waals surface area (Å²) in [5, 5.41) is 6.19. The predicted molar refractivity (Wildman–Crippen MR) is 104 cm³/mol. The summed E-state index contributed by atoms with van der Waals surface area (Å²) in [6.07, 6.45) is 1.61.